The Morgan fingerprint density at radius 2 is 2.37 bits per heavy atom. The van der Waals surface area contributed by atoms with Gasteiger partial charge in [0.05, 0.1) is 13.2 Å². The van der Waals surface area contributed by atoms with E-state index in [4.69, 9.17) is 22.7 Å². The second kappa shape index (κ2) is 5.89. The first kappa shape index (κ1) is 13.6. The Labute approximate surface area is 116 Å². The molecule has 102 valence electrons. The minimum absolute atomic E-state index is 0.262. The van der Waals surface area contributed by atoms with E-state index in [1.807, 2.05) is 4.90 Å². The van der Waals surface area contributed by atoms with E-state index in [1.165, 1.54) is 0 Å². The monoisotopic (exact) mass is 281 g/mol. The number of morpholine rings is 1. The van der Waals surface area contributed by atoms with E-state index >= 15 is 0 Å². The molecule has 1 aromatic heterocycles. The molecule has 1 aliphatic rings. The molecule has 1 unspecified atom stereocenters. The number of carbonyl (C=O) groups excluding carboxylic acids is 1. The summed E-state index contributed by atoms with van der Waals surface area (Å²) in [7, 11) is 1.55. The number of amides is 1. The number of ether oxygens (including phenoxy) is 1. The van der Waals surface area contributed by atoms with E-state index < -0.39 is 0 Å². The van der Waals surface area contributed by atoms with Gasteiger partial charge < -0.3 is 20.7 Å². The maximum Gasteiger partial charge on any atom is 0.271 e. The zero-order valence-electron chi connectivity index (χ0n) is 10.5. The van der Waals surface area contributed by atoms with Crippen LogP contribution in [0.15, 0.2) is 12.1 Å². The summed E-state index contributed by atoms with van der Waals surface area (Å²) in [4.78, 5) is 13.7. The molecule has 0 aliphatic carbocycles. The maximum atomic E-state index is 11.4. The fourth-order valence-electron chi connectivity index (χ4n) is 1.77. The summed E-state index contributed by atoms with van der Waals surface area (Å²) in [6, 6.07) is 3.38. The summed E-state index contributed by atoms with van der Waals surface area (Å²) >= 11 is 4.93. The smallest absolute Gasteiger partial charge is 0.271 e. The summed E-state index contributed by atoms with van der Waals surface area (Å²) in [5.41, 5.74) is 5.86. The van der Waals surface area contributed by atoms with Crippen molar-refractivity contribution in [2.75, 3.05) is 31.6 Å². The fourth-order valence-corrected chi connectivity index (χ4v) is 1.92. The van der Waals surface area contributed by atoms with Crippen LogP contribution in [0.1, 0.15) is 10.5 Å². The molecule has 19 heavy (non-hydrogen) atoms. The number of nitrogens with one attached hydrogen (secondary N) is 1. The molecule has 0 bridgehead atoms. The number of hydrogen-bond donors (Lipinski definition) is 2. The van der Waals surface area contributed by atoms with Crippen LogP contribution < -0.4 is 16.0 Å². The number of aromatic nitrogens is 2. The topological polar surface area (TPSA) is 93.4 Å². The van der Waals surface area contributed by atoms with Crippen molar-refractivity contribution in [2.24, 2.45) is 5.73 Å². The van der Waals surface area contributed by atoms with Crippen LogP contribution in [-0.2, 0) is 4.74 Å². The van der Waals surface area contributed by atoms with Gasteiger partial charge in [0.1, 0.15) is 11.1 Å². The van der Waals surface area contributed by atoms with Crippen molar-refractivity contribution in [3.63, 3.8) is 0 Å². The molecule has 8 heteroatoms. The Kier molecular flexibility index (Phi) is 4.23. The van der Waals surface area contributed by atoms with Crippen LogP contribution in [0.4, 0.5) is 5.82 Å². The average Bonchev–Trinajstić information content (AvgIpc) is 2.46. The van der Waals surface area contributed by atoms with Crippen molar-refractivity contribution in [2.45, 2.75) is 6.10 Å². The Bertz CT molecular complexity index is 478. The van der Waals surface area contributed by atoms with Crippen LogP contribution >= 0.6 is 12.2 Å². The standard InChI is InChI=1S/C11H15N5O2S/c1-13-11(17)7-2-3-9(15-14-7)16-4-5-18-8(6-16)10(12)19/h2-3,8H,4-6H2,1H3,(H2,12,19)(H,13,17). The number of nitrogens with zero attached hydrogens (tertiary/aromatic N) is 3. The Balaban J connectivity index is 2.09. The average molecular weight is 281 g/mol. The van der Waals surface area contributed by atoms with Crippen molar-refractivity contribution >= 4 is 28.9 Å². The Morgan fingerprint density at radius 1 is 1.58 bits per heavy atom. The van der Waals surface area contributed by atoms with Crippen molar-refractivity contribution < 1.29 is 9.53 Å². The highest BCUT2D eigenvalue weighted by Crippen LogP contribution is 2.14. The highest BCUT2D eigenvalue weighted by molar-refractivity contribution is 7.80. The lowest BCUT2D eigenvalue weighted by Crippen LogP contribution is -2.48. The van der Waals surface area contributed by atoms with Crippen LogP contribution in [0.5, 0.6) is 0 Å². The molecule has 1 amide bonds. The third kappa shape index (κ3) is 3.15. The lowest BCUT2D eigenvalue weighted by Gasteiger charge is -2.32. The zero-order chi connectivity index (χ0) is 13.8. The molecule has 0 saturated carbocycles. The van der Waals surface area contributed by atoms with E-state index in [9.17, 15) is 4.79 Å². The third-order valence-electron chi connectivity index (χ3n) is 2.82. The summed E-state index contributed by atoms with van der Waals surface area (Å²) in [5, 5.41) is 10.4. The number of nitrogens with two attached hydrogens (primary N) is 1. The molecule has 1 saturated heterocycles. The summed E-state index contributed by atoms with van der Waals surface area (Å²) < 4.78 is 5.45. The van der Waals surface area contributed by atoms with Gasteiger partial charge in [-0.1, -0.05) is 12.2 Å². The Morgan fingerprint density at radius 3 is 2.95 bits per heavy atom. The van der Waals surface area contributed by atoms with Crippen molar-refractivity contribution in [1.29, 1.82) is 0 Å². The normalized spacial score (nSPS) is 19.0. The van der Waals surface area contributed by atoms with Gasteiger partial charge in [-0.3, -0.25) is 4.79 Å². The molecule has 1 aromatic rings. The van der Waals surface area contributed by atoms with Gasteiger partial charge in [-0.15, -0.1) is 10.2 Å². The number of anilines is 1. The van der Waals surface area contributed by atoms with Crippen LogP contribution in [0.2, 0.25) is 0 Å². The van der Waals surface area contributed by atoms with E-state index in [0.29, 0.717) is 30.5 Å². The molecule has 0 aromatic carbocycles. The van der Waals surface area contributed by atoms with Crippen LogP contribution in [0, 0.1) is 0 Å². The van der Waals surface area contributed by atoms with Gasteiger partial charge in [0.15, 0.2) is 11.5 Å². The zero-order valence-corrected chi connectivity index (χ0v) is 11.3. The molecule has 0 radical (unpaired) electrons. The molecule has 0 spiro atoms. The number of rotatable bonds is 3. The van der Waals surface area contributed by atoms with E-state index in [-0.39, 0.29) is 17.7 Å². The fraction of sp³-hybridized carbons (Fsp3) is 0.455. The van der Waals surface area contributed by atoms with Gasteiger partial charge in [0.25, 0.3) is 5.91 Å². The van der Waals surface area contributed by atoms with Crippen molar-refractivity contribution in [3.05, 3.63) is 17.8 Å². The molecular weight excluding hydrogens is 266 g/mol. The SMILES string of the molecule is CNC(=O)c1ccc(N2CCOC(C(N)=S)C2)nn1. The molecule has 2 rings (SSSR count). The van der Waals surface area contributed by atoms with Crippen LogP contribution in [0.3, 0.4) is 0 Å². The second-order valence-corrected chi connectivity index (χ2v) is 4.54. The second-order valence-electron chi connectivity index (χ2n) is 4.06. The lowest BCUT2D eigenvalue weighted by atomic mass is 10.2. The molecule has 1 fully saturated rings. The number of thiocarbonyl (C=S) groups is 1. The van der Waals surface area contributed by atoms with Gasteiger partial charge in [-0.2, -0.15) is 0 Å². The summed E-state index contributed by atoms with van der Waals surface area (Å²) in [6.45, 7) is 1.76. The largest absolute Gasteiger partial charge is 0.391 e. The van der Waals surface area contributed by atoms with Crippen molar-refractivity contribution in [1.82, 2.24) is 15.5 Å². The van der Waals surface area contributed by atoms with Gasteiger partial charge in [-0.25, -0.2) is 0 Å². The van der Waals surface area contributed by atoms with Crippen LogP contribution in [0.25, 0.3) is 0 Å². The minimum atomic E-state index is -0.274. The van der Waals surface area contributed by atoms with Crippen LogP contribution in [-0.4, -0.2) is 53.9 Å². The first-order valence-corrected chi connectivity index (χ1v) is 6.24. The highest BCUT2D eigenvalue weighted by Gasteiger charge is 2.23. The summed E-state index contributed by atoms with van der Waals surface area (Å²) in [6.07, 6.45) is -0.274. The van der Waals surface area contributed by atoms with Crippen molar-refractivity contribution in [3.8, 4) is 0 Å². The Hall–Kier alpha value is -1.80. The molecule has 1 atom stereocenters. The van der Waals surface area contributed by atoms with Gasteiger partial charge >= 0.3 is 0 Å². The predicted octanol–water partition coefficient (Wildman–Crippen LogP) is -0.672. The molecule has 3 N–H and O–H groups in total. The van der Waals surface area contributed by atoms with E-state index in [0.717, 1.165) is 0 Å². The summed E-state index contributed by atoms with van der Waals surface area (Å²) in [5.74, 6) is 0.416. The molecule has 7 nitrogen and oxygen atoms in total. The van der Waals surface area contributed by atoms with Gasteiger partial charge in [0.2, 0.25) is 0 Å². The molecular formula is C11H15N5O2S. The number of hydrogen-bond acceptors (Lipinski definition) is 6. The first-order valence-electron chi connectivity index (χ1n) is 5.83. The van der Waals surface area contributed by atoms with Gasteiger partial charge in [0, 0.05) is 13.6 Å². The first-order chi connectivity index (χ1) is 9.11. The third-order valence-corrected chi connectivity index (χ3v) is 3.08. The number of carbonyl (C=O) groups is 1. The molecule has 1 aliphatic heterocycles. The predicted molar refractivity (Wildman–Crippen MR) is 74.2 cm³/mol. The lowest BCUT2D eigenvalue weighted by molar-refractivity contribution is 0.0843. The minimum Gasteiger partial charge on any atom is -0.391 e. The van der Waals surface area contributed by atoms with Gasteiger partial charge in [-0.05, 0) is 12.1 Å². The highest BCUT2D eigenvalue weighted by atomic mass is 32.1. The molecule has 2 heterocycles. The quantitative estimate of drug-likeness (QED) is 0.709. The maximum absolute atomic E-state index is 11.4. The van der Waals surface area contributed by atoms with E-state index in [2.05, 4.69) is 15.5 Å². The van der Waals surface area contributed by atoms with E-state index in [1.54, 1.807) is 19.2 Å².